The molecule has 0 saturated carbocycles. The molecule has 1 N–H and O–H groups in total. The standard InChI is InChI=1S/C21H27N3O2/c1-24(14-11-18-6-3-2-4-7-18)21(26)9-5-8-20-16-19(10-12-23-20)17-22-13-15-25/h2-4,6-7,10,12,16-17,25H,5,8-9,11,13-15H2,1H3. The van der Waals surface area contributed by atoms with Gasteiger partial charge < -0.3 is 10.0 Å². The van der Waals surface area contributed by atoms with E-state index in [1.165, 1.54) is 5.56 Å². The normalized spacial score (nSPS) is 11.0. The molecular formula is C21H27N3O2. The average molecular weight is 353 g/mol. The van der Waals surface area contributed by atoms with Crippen LogP contribution in [0.4, 0.5) is 0 Å². The third-order valence-corrected chi connectivity index (χ3v) is 4.14. The molecule has 26 heavy (non-hydrogen) atoms. The Labute approximate surface area is 155 Å². The first-order valence-corrected chi connectivity index (χ1v) is 9.02. The molecule has 0 aliphatic rings. The van der Waals surface area contributed by atoms with E-state index in [9.17, 15) is 4.79 Å². The molecule has 2 rings (SSSR count). The van der Waals surface area contributed by atoms with Gasteiger partial charge in [0, 0.05) is 38.1 Å². The van der Waals surface area contributed by atoms with Crippen molar-refractivity contribution in [1.29, 1.82) is 0 Å². The van der Waals surface area contributed by atoms with Crippen LogP contribution in [0.3, 0.4) is 0 Å². The summed E-state index contributed by atoms with van der Waals surface area (Å²) in [5.41, 5.74) is 3.17. The van der Waals surface area contributed by atoms with Crippen molar-refractivity contribution in [2.24, 2.45) is 4.99 Å². The molecule has 0 fully saturated rings. The van der Waals surface area contributed by atoms with Gasteiger partial charge in [0.05, 0.1) is 13.2 Å². The van der Waals surface area contributed by atoms with Crippen molar-refractivity contribution in [2.45, 2.75) is 25.7 Å². The van der Waals surface area contributed by atoms with Crippen molar-refractivity contribution >= 4 is 12.1 Å². The zero-order valence-electron chi connectivity index (χ0n) is 15.3. The summed E-state index contributed by atoms with van der Waals surface area (Å²) in [6, 6.07) is 14.1. The van der Waals surface area contributed by atoms with Crippen LogP contribution in [0.1, 0.15) is 29.7 Å². The minimum Gasteiger partial charge on any atom is -0.394 e. The highest BCUT2D eigenvalue weighted by molar-refractivity contribution is 5.79. The van der Waals surface area contributed by atoms with E-state index < -0.39 is 0 Å². The minimum absolute atomic E-state index is 0.0499. The number of hydrogen-bond acceptors (Lipinski definition) is 4. The molecule has 1 aromatic carbocycles. The van der Waals surface area contributed by atoms with Gasteiger partial charge in [-0.1, -0.05) is 30.3 Å². The van der Waals surface area contributed by atoms with Gasteiger partial charge in [0.25, 0.3) is 0 Å². The number of carbonyl (C=O) groups excluding carboxylic acids is 1. The van der Waals surface area contributed by atoms with E-state index in [-0.39, 0.29) is 12.5 Å². The first-order valence-electron chi connectivity index (χ1n) is 9.02. The maximum absolute atomic E-state index is 12.3. The molecular weight excluding hydrogens is 326 g/mol. The summed E-state index contributed by atoms with van der Waals surface area (Å²) < 4.78 is 0. The number of aromatic nitrogens is 1. The first-order chi connectivity index (χ1) is 12.7. The SMILES string of the molecule is CN(CCc1ccccc1)C(=O)CCCc1cc(C=NCCO)ccn1. The molecule has 0 aliphatic carbocycles. The largest absolute Gasteiger partial charge is 0.394 e. The van der Waals surface area contributed by atoms with Crippen LogP contribution in [0.5, 0.6) is 0 Å². The summed E-state index contributed by atoms with van der Waals surface area (Å²) >= 11 is 0. The summed E-state index contributed by atoms with van der Waals surface area (Å²) in [6.07, 6.45) is 6.43. The third kappa shape index (κ3) is 7.15. The van der Waals surface area contributed by atoms with Crippen molar-refractivity contribution < 1.29 is 9.90 Å². The fraction of sp³-hybridized carbons (Fsp3) is 0.381. The number of pyridine rings is 1. The van der Waals surface area contributed by atoms with Gasteiger partial charge in [0.1, 0.15) is 0 Å². The molecule has 0 saturated heterocycles. The van der Waals surface area contributed by atoms with Gasteiger partial charge in [-0.2, -0.15) is 0 Å². The number of amides is 1. The number of hydrogen-bond donors (Lipinski definition) is 1. The van der Waals surface area contributed by atoms with Gasteiger partial charge in [-0.05, 0) is 42.5 Å². The molecule has 138 valence electrons. The molecule has 5 nitrogen and oxygen atoms in total. The lowest BCUT2D eigenvalue weighted by atomic mass is 10.1. The summed E-state index contributed by atoms with van der Waals surface area (Å²) in [5.74, 6) is 0.168. The monoisotopic (exact) mass is 353 g/mol. The number of rotatable bonds is 10. The van der Waals surface area contributed by atoms with Crippen LogP contribution in [0.15, 0.2) is 53.7 Å². The van der Waals surface area contributed by atoms with Crippen molar-refractivity contribution in [2.75, 3.05) is 26.7 Å². The minimum atomic E-state index is 0.0499. The van der Waals surface area contributed by atoms with E-state index in [0.29, 0.717) is 13.0 Å². The van der Waals surface area contributed by atoms with E-state index >= 15 is 0 Å². The lowest BCUT2D eigenvalue weighted by Gasteiger charge is -2.17. The van der Waals surface area contributed by atoms with Gasteiger partial charge in [0.15, 0.2) is 0 Å². The number of nitrogens with zero attached hydrogens (tertiary/aromatic N) is 3. The molecule has 0 atom stereocenters. The molecule has 0 bridgehead atoms. The quantitative estimate of drug-likeness (QED) is 0.668. The fourth-order valence-corrected chi connectivity index (χ4v) is 2.62. The Balaban J connectivity index is 1.72. The lowest BCUT2D eigenvalue weighted by Crippen LogP contribution is -2.28. The third-order valence-electron chi connectivity index (χ3n) is 4.14. The lowest BCUT2D eigenvalue weighted by molar-refractivity contribution is -0.129. The topological polar surface area (TPSA) is 65.8 Å². The van der Waals surface area contributed by atoms with Crippen LogP contribution in [0, 0.1) is 0 Å². The summed E-state index contributed by atoms with van der Waals surface area (Å²) in [5, 5.41) is 8.75. The second-order valence-corrected chi connectivity index (χ2v) is 6.24. The van der Waals surface area contributed by atoms with Gasteiger partial charge in [-0.3, -0.25) is 14.8 Å². The Kier molecular flexibility index (Phi) is 8.49. The molecule has 0 radical (unpaired) electrons. The number of carbonyl (C=O) groups is 1. The Morgan fingerprint density at radius 3 is 2.81 bits per heavy atom. The number of likely N-dealkylation sites (N-methyl/N-ethyl adjacent to an activating group) is 1. The van der Waals surface area contributed by atoms with Crippen LogP contribution in [0.2, 0.25) is 0 Å². The molecule has 1 aromatic heterocycles. The Hall–Kier alpha value is -2.53. The fourth-order valence-electron chi connectivity index (χ4n) is 2.62. The second kappa shape index (κ2) is 11.2. The number of benzene rings is 1. The Morgan fingerprint density at radius 2 is 2.04 bits per heavy atom. The zero-order chi connectivity index (χ0) is 18.6. The Bertz CT molecular complexity index is 701. The highest BCUT2D eigenvalue weighted by atomic mass is 16.3. The number of aryl methyl sites for hydroxylation is 1. The van der Waals surface area contributed by atoms with E-state index in [4.69, 9.17) is 5.11 Å². The number of aliphatic hydroxyl groups is 1. The molecule has 0 spiro atoms. The average Bonchev–Trinajstić information content (AvgIpc) is 2.67. The predicted molar refractivity (Wildman–Crippen MR) is 105 cm³/mol. The molecule has 0 aliphatic heterocycles. The van der Waals surface area contributed by atoms with Gasteiger partial charge in [-0.15, -0.1) is 0 Å². The summed E-state index contributed by atoms with van der Waals surface area (Å²) in [7, 11) is 1.86. The van der Waals surface area contributed by atoms with Crippen molar-refractivity contribution in [3.8, 4) is 0 Å². The van der Waals surface area contributed by atoms with E-state index in [0.717, 1.165) is 37.1 Å². The summed E-state index contributed by atoms with van der Waals surface area (Å²) in [6.45, 7) is 1.19. The molecule has 1 amide bonds. The van der Waals surface area contributed by atoms with Gasteiger partial charge in [-0.25, -0.2) is 0 Å². The van der Waals surface area contributed by atoms with Crippen LogP contribution in [-0.4, -0.2) is 53.9 Å². The molecule has 5 heteroatoms. The number of aliphatic imine (C=N–C) groups is 1. The van der Waals surface area contributed by atoms with Crippen LogP contribution in [-0.2, 0) is 17.6 Å². The van der Waals surface area contributed by atoms with Crippen molar-refractivity contribution in [3.05, 3.63) is 65.5 Å². The van der Waals surface area contributed by atoms with E-state index in [1.54, 1.807) is 17.3 Å². The highest BCUT2D eigenvalue weighted by Gasteiger charge is 2.09. The summed E-state index contributed by atoms with van der Waals surface area (Å²) in [4.78, 5) is 22.5. The van der Waals surface area contributed by atoms with Crippen LogP contribution >= 0.6 is 0 Å². The maximum Gasteiger partial charge on any atom is 0.222 e. The zero-order valence-corrected chi connectivity index (χ0v) is 15.3. The molecule has 2 aromatic rings. The van der Waals surface area contributed by atoms with E-state index in [2.05, 4.69) is 22.1 Å². The van der Waals surface area contributed by atoms with Crippen molar-refractivity contribution in [3.63, 3.8) is 0 Å². The van der Waals surface area contributed by atoms with Crippen molar-refractivity contribution in [1.82, 2.24) is 9.88 Å². The molecule has 0 unspecified atom stereocenters. The van der Waals surface area contributed by atoms with Gasteiger partial charge >= 0.3 is 0 Å². The number of aliphatic hydroxyl groups excluding tert-OH is 1. The maximum atomic E-state index is 12.3. The second-order valence-electron chi connectivity index (χ2n) is 6.24. The van der Waals surface area contributed by atoms with Gasteiger partial charge in [0.2, 0.25) is 5.91 Å². The smallest absolute Gasteiger partial charge is 0.222 e. The highest BCUT2D eigenvalue weighted by Crippen LogP contribution is 2.07. The van der Waals surface area contributed by atoms with E-state index in [1.807, 2.05) is 37.4 Å². The molecule has 1 heterocycles. The predicted octanol–water partition coefficient (Wildman–Crippen LogP) is 2.52. The van der Waals surface area contributed by atoms with Crippen LogP contribution in [0.25, 0.3) is 0 Å². The Morgan fingerprint density at radius 1 is 1.23 bits per heavy atom. The first kappa shape index (κ1) is 19.8. The van der Waals surface area contributed by atoms with Crippen LogP contribution < -0.4 is 0 Å².